The van der Waals surface area contributed by atoms with Crippen molar-refractivity contribution in [2.24, 2.45) is 5.10 Å². The quantitative estimate of drug-likeness (QED) is 0.303. The topological polar surface area (TPSA) is 100 Å². The van der Waals surface area contributed by atoms with Crippen molar-refractivity contribution in [3.8, 4) is 5.75 Å². The Hall–Kier alpha value is -1.93. The van der Waals surface area contributed by atoms with Crippen molar-refractivity contribution < 1.29 is 19.4 Å². The molecule has 0 heterocycles. The summed E-state index contributed by atoms with van der Waals surface area (Å²) in [6.45, 7) is 0.866. The minimum Gasteiger partial charge on any atom is -0.507 e. The van der Waals surface area contributed by atoms with Gasteiger partial charge >= 0.3 is 11.8 Å². The molecular weight excluding hydrogens is 342 g/mol. The first-order chi connectivity index (χ1) is 10.0. The summed E-state index contributed by atoms with van der Waals surface area (Å²) >= 11 is 3.16. The molecule has 2 amide bonds. The number of ether oxygens (including phenoxy) is 1. The van der Waals surface area contributed by atoms with Gasteiger partial charge in [0.25, 0.3) is 0 Å². The zero-order valence-corrected chi connectivity index (χ0v) is 13.0. The molecule has 0 aliphatic heterocycles. The lowest BCUT2D eigenvalue weighted by atomic mass is 10.2. The molecule has 8 heteroatoms. The minimum atomic E-state index is -0.846. The van der Waals surface area contributed by atoms with E-state index in [1.807, 2.05) is 0 Å². The van der Waals surface area contributed by atoms with Crippen molar-refractivity contribution in [1.29, 1.82) is 0 Å². The van der Waals surface area contributed by atoms with E-state index < -0.39 is 11.8 Å². The van der Waals surface area contributed by atoms with Crippen LogP contribution in [-0.2, 0) is 14.3 Å². The Kier molecular flexibility index (Phi) is 7.41. The molecule has 0 saturated heterocycles. The molecule has 1 aromatic rings. The summed E-state index contributed by atoms with van der Waals surface area (Å²) in [5, 5.41) is 15.4. The molecule has 114 valence electrons. The van der Waals surface area contributed by atoms with Gasteiger partial charge in [0.15, 0.2) is 0 Å². The van der Waals surface area contributed by atoms with Gasteiger partial charge in [-0.05, 0) is 46.1 Å². The second-order valence-electron chi connectivity index (χ2n) is 4.01. The van der Waals surface area contributed by atoms with E-state index in [0.717, 1.165) is 0 Å². The van der Waals surface area contributed by atoms with Gasteiger partial charge in [-0.2, -0.15) is 5.10 Å². The number of phenolic OH excluding ortho intramolecular Hbond substituents is 1. The van der Waals surface area contributed by atoms with Crippen LogP contribution in [0.15, 0.2) is 27.8 Å². The van der Waals surface area contributed by atoms with Crippen molar-refractivity contribution >= 4 is 34.0 Å². The molecule has 0 atom stereocenters. The van der Waals surface area contributed by atoms with Gasteiger partial charge in [0, 0.05) is 20.3 Å². The number of nitrogens with one attached hydrogen (secondary N) is 2. The summed E-state index contributed by atoms with van der Waals surface area (Å²) in [4.78, 5) is 22.8. The molecular formula is C13H16BrN3O4. The first-order valence-electron chi connectivity index (χ1n) is 6.13. The van der Waals surface area contributed by atoms with Crippen LogP contribution in [-0.4, -0.2) is 43.4 Å². The molecule has 0 aromatic heterocycles. The second-order valence-corrected chi connectivity index (χ2v) is 4.87. The fourth-order valence-electron chi connectivity index (χ4n) is 1.32. The maximum absolute atomic E-state index is 11.4. The highest BCUT2D eigenvalue weighted by Crippen LogP contribution is 2.23. The number of halogens is 1. The number of aromatic hydroxyl groups is 1. The van der Waals surface area contributed by atoms with Gasteiger partial charge in [-0.3, -0.25) is 9.59 Å². The van der Waals surface area contributed by atoms with Gasteiger partial charge < -0.3 is 15.2 Å². The van der Waals surface area contributed by atoms with Gasteiger partial charge in [-0.1, -0.05) is 0 Å². The maximum Gasteiger partial charge on any atom is 0.329 e. The van der Waals surface area contributed by atoms with Crippen LogP contribution in [0.1, 0.15) is 12.0 Å². The minimum absolute atomic E-state index is 0.103. The molecule has 0 radical (unpaired) electrons. The van der Waals surface area contributed by atoms with E-state index in [1.54, 1.807) is 19.2 Å². The first kappa shape index (κ1) is 17.1. The predicted molar refractivity (Wildman–Crippen MR) is 81.0 cm³/mol. The number of carbonyl (C=O) groups is 2. The largest absolute Gasteiger partial charge is 0.507 e. The summed E-state index contributed by atoms with van der Waals surface area (Å²) in [5.41, 5.74) is 2.77. The number of carbonyl (C=O) groups excluding carboxylic acids is 2. The average Bonchev–Trinajstić information content (AvgIpc) is 2.47. The van der Waals surface area contributed by atoms with Crippen LogP contribution in [0.4, 0.5) is 0 Å². The van der Waals surface area contributed by atoms with Gasteiger partial charge in [0.1, 0.15) is 5.75 Å². The number of benzene rings is 1. The van der Waals surface area contributed by atoms with E-state index in [2.05, 4.69) is 31.8 Å². The molecule has 0 aliphatic carbocycles. The molecule has 0 saturated carbocycles. The Balaban J connectivity index is 2.39. The third-order valence-electron chi connectivity index (χ3n) is 2.37. The van der Waals surface area contributed by atoms with Gasteiger partial charge in [-0.25, -0.2) is 5.43 Å². The molecule has 21 heavy (non-hydrogen) atoms. The average molecular weight is 358 g/mol. The number of nitrogens with zero attached hydrogens (tertiary/aromatic N) is 1. The van der Waals surface area contributed by atoms with Crippen molar-refractivity contribution in [3.05, 3.63) is 28.2 Å². The first-order valence-corrected chi connectivity index (χ1v) is 6.92. The summed E-state index contributed by atoms with van der Waals surface area (Å²) < 4.78 is 5.33. The Morgan fingerprint density at radius 2 is 2.19 bits per heavy atom. The Labute approximate surface area is 130 Å². The second kappa shape index (κ2) is 9.09. The molecule has 0 aliphatic rings. The Morgan fingerprint density at radius 3 is 2.86 bits per heavy atom. The smallest absolute Gasteiger partial charge is 0.329 e. The van der Waals surface area contributed by atoms with Crippen LogP contribution in [0.25, 0.3) is 0 Å². The highest BCUT2D eigenvalue weighted by molar-refractivity contribution is 9.10. The van der Waals surface area contributed by atoms with Crippen LogP contribution in [0.5, 0.6) is 5.75 Å². The molecule has 0 unspecified atom stereocenters. The van der Waals surface area contributed by atoms with E-state index in [0.29, 0.717) is 29.6 Å². The third-order valence-corrected chi connectivity index (χ3v) is 3.00. The van der Waals surface area contributed by atoms with E-state index in [9.17, 15) is 14.7 Å². The van der Waals surface area contributed by atoms with Crippen LogP contribution in [0, 0.1) is 0 Å². The van der Waals surface area contributed by atoms with Crippen molar-refractivity contribution in [2.45, 2.75) is 6.42 Å². The van der Waals surface area contributed by atoms with Gasteiger partial charge in [0.05, 0.1) is 10.7 Å². The Morgan fingerprint density at radius 1 is 1.43 bits per heavy atom. The zero-order valence-electron chi connectivity index (χ0n) is 11.4. The molecule has 7 nitrogen and oxygen atoms in total. The number of hydrazone groups is 1. The fourth-order valence-corrected chi connectivity index (χ4v) is 1.71. The summed E-state index contributed by atoms with van der Waals surface area (Å²) in [7, 11) is 1.56. The van der Waals surface area contributed by atoms with Crippen LogP contribution >= 0.6 is 15.9 Å². The monoisotopic (exact) mass is 357 g/mol. The molecule has 1 rings (SSSR count). The predicted octanol–water partition coefficient (Wildman–Crippen LogP) is 0.758. The molecule has 0 spiro atoms. The number of hydrogen-bond acceptors (Lipinski definition) is 5. The van der Waals surface area contributed by atoms with Gasteiger partial charge in [-0.15, -0.1) is 0 Å². The lowest BCUT2D eigenvalue weighted by Crippen LogP contribution is -2.38. The van der Waals surface area contributed by atoms with Gasteiger partial charge in [0.2, 0.25) is 0 Å². The number of hydrogen-bond donors (Lipinski definition) is 3. The van der Waals surface area contributed by atoms with E-state index >= 15 is 0 Å². The SMILES string of the molecule is COCCCNC(=O)C(=O)N/N=C/c1ccc(O)c(Br)c1. The standard InChI is InChI=1S/C13H16BrN3O4/c1-21-6-2-5-15-12(19)13(20)17-16-8-9-3-4-11(18)10(14)7-9/h3-4,7-8,18H,2,5-6H2,1H3,(H,15,19)(H,17,20)/b16-8+. The van der Waals surface area contributed by atoms with Crippen molar-refractivity contribution in [2.75, 3.05) is 20.3 Å². The fraction of sp³-hybridized carbons (Fsp3) is 0.308. The lowest BCUT2D eigenvalue weighted by Gasteiger charge is -2.03. The molecule has 0 bridgehead atoms. The van der Waals surface area contributed by atoms with Crippen molar-refractivity contribution in [3.63, 3.8) is 0 Å². The van der Waals surface area contributed by atoms with Crippen molar-refractivity contribution in [1.82, 2.24) is 10.7 Å². The lowest BCUT2D eigenvalue weighted by molar-refractivity contribution is -0.139. The summed E-state index contributed by atoms with van der Waals surface area (Å²) in [5.74, 6) is -1.50. The van der Waals surface area contributed by atoms with E-state index in [-0.39, 0.29) is 5.75 Å². The Bertz CT molecular complexity index is 534. The van der Waals surface area contributed by atoms with E-state index in [1.165, 1.54) is 12.3 Å². The summed E-state index contributed by atoms with van der Waals surface area (Å²) in [6.07, 6.45) is 1.99. The number of methoxy groups -OCH3 is 1. The number of rotatable bonds is 6. The van der Waals surface area contributed by atoms with Crippen LogP contribution in [0.2, 0.25) is 0 Å². The van der Waals surface area contributed by atoms with Crippen LogP contribution < -0.4 is 10.7 Å². The van der Waals surface area contributed by atoms with Crippen LogP contribution in [0.3, 0.4) is 0 Å². The molecule has 3 N–H and O–H groups in total. The molecule has 1 aromatic carbocycles. The highest BCUT2D eigenvalue weighted by Gasteiger charge is 2.11. The summed E-state index contributed by atoms with van der Waals surface area (Å²) in [6, 6.07) is 4.71. The highest BCUT2D eigenvalue weighted by atomic mass is 79.9. The normalized spacial score (nSPS) is 10.6. The number of amides is 2. The number of phenols is 1. The molecule has 0 fully saturated rings. The third kappa shape index (κ3) is 6.37. The maximum atomic E-state index is 11.4. The van der Waals surface area contributed by atoms with E-state index in [4.69, 9.17) is 4.74 Å². The zero-order chi connectivity index (χ0) is 15.7.